The molecule has 1 aliphatic carbocycles. The highest BCUT2D eigenvalue weighted by Gasteiger charge is 2.46. The number of amides is 1. The van der Waals surface area contributed by atoms with E-state index in [0.717, 1.165) is 18.4 Å². The van der Waals surface area contributed by atoms with E-state index in [1.54, 1.807) is 11.1 Å². The van der Waals surface area contributed by atoms with Gasteiger partial charge in [0.05, 0.1) is 12.1 Å². The first-order valence-corrected chi connectivity index (χ1v) is 9.53. The summed E-state index contributed by atoms with van der Waals surface area (Å²) in [6.07, 6.45) is 4.58. The number of aliphatic carboxylic acids is 1. The SMILES string of the molecule is Cc1ccc(-c2cnc(CCC(=O)N3C[C@H](C(=O)O)[C@@H](C4CC4)C3)o2)cc1. The number of carboxylic acid groups (broad SMARTS) is 1. The lowest BCUT2D eigenvalue weighted by molar-refractivity contribution is -0.142. The predicted molar refractivity (Wildman–Crippen MR) is 98.9 cm³/mol. The fourth-order valence-corrected chi connectivity index (χ4v) is 3.95. The first kappa shape index (κ1) is 17.8. The van der Waals surface area contributed by atoms with Crippen LogP contribution in [0.15, 0.2) is 34.9 Å². The Balaban J connectivity index is 1.34. The molecule has 0 radical (unpaired) electrons. The van der Waals surface area contributed by atoms with Gasteiger partial charge < -0.3 is 14.4 Å². The van der Waals surface area contributed by atoms with E-state index in [9.17, 15) is 14.7 Å². The second kappa shape index (κ2) is 7.18. The molecule has 2 heterocycles. The van der Waals surface area contributed by atoms with E-state index in [1.165, 1.54) is 5.56 Å². The number of benzene rings is 1. The Bertz CT molecular complexity index is 838. The number of aromatic nitrogens is 1. The zero-order chi connectivity index (χ0) is 19.0. The molecule has 1 saturated carbocycles. The van der Waals surface area contributed by atoms with Crippen LogP contribution in [0.25, 0.3) is 11.3 Å². The molecule has 1 amide bonds. The zero-order valence-electron chi connectivity index (χ0n) is 15.4. The number of hydrogen-bond acceptors (Lipinski definition) is 4. The molecule has 1 aromatic heterocycles. The summed E-state index contributed by atoms with van der Waals surface area (Å²) in [5.41, 5.74) is 2.14. The van der Waals surface area contributed by atoms with Crippen LogP contribution >= 0.6 is 0 Å². The maximum Gasteiger partial charge on any atom is 0.308 e. The van der Waals surface area contributed by atoms with Crippen molar-refractivity contribution >= 4 is 11.9 Å². The monoisotopic (exact) mass is 368 g/mol. The Morgan fingerprint density at radius 1 is 1.22 bits per heavy atom. The van der Waals surface area contributed by atoms with Gasteiger partial charge in [-0.2, -0.15) is 0 Å². The zero-order valence-corrected chi connectivity index (χ0v) is 15.4. The predicted octanol–water partition coefficient (Wildman–Crippen LogP) is 3.15. The molecule has 1 aromatic carbocycles. The summed E-state index contributed by atoms with van der Waals surface area (Å²) in [6.45, 7) is 2.93. The quantitative estimate of drug-likeness (QED) is 0.847. The number of hydrogen-bond donors (Lipinski definition) is 1. The van der Waals surface area contributed by atoms with Crippen LogP contribution in [-0.2, 0) is 16.0 Å². The number of oxazole rings is 1. The summed E-state index contributed by atoms with van der Waals surface area (Å²) in [5.74, 6) is 0.604. The van der Waals surface area contributed by atoms with E-state index < -0.39 is 11.9 Å². The number of aryl methyl sites for hydroxylation is 2. The van der Waals surface area contributed by atoms with Gasteiger partial charge in [-0.1, -0.05) is 29.8 Å². The summed E-state index contributed by atoms with van der Waals surface area (Å²) in [7, 11) is 0. The highest BCUT2D eigenvalue weighted by atomic mass is 16.4. The minimum atomic E-state index is -0.780. The van der Waals surface area contributed by atoms with Gasteiger partial charge in [-0.25, -0.2) is 4.98 Å². The Morgan fingerprint density at radius 3 is 2.63 bits per heavy atom. The molecule has 1 aliphatic heterocycles. The van der Waals surface area contributed by atoms with Crippen molar-refractivity contribution < 1.29 is 19.1 Å². The van der Waals surface area contributed by atoms with Gasteiger partial charge in [0.25, 0.3) is 0 Å². The van der Waals surface area contributed by atoms with Crippen LogP contribution in [0, 0.1) is 24.7 Å². The van der Waals surface area contributed by atoms with Crippen molar-refractivity contribution in [1.29, 1.82) is 0 Å². The summed E-state index contributed by atoms with van der Waals surface area (Å²) in [5, 5.41) is 9.43. The maximum atomic E-state index is 12.6. The van der Waals surface area contributed by atoms with Crippen LogP contribution in [0.2, 0.25) is 0 Å². The van der Waals surface area contributed by atoms with Crippen LogP contribution in [0.3, 0.4) is 0 Å². The van der Waals surface area contributed by atoms with Crippen molar-refractivity contribution in [3.63, 3.8) is 0 Å². The molecule has 2 atom stereocenters. The van der Waals surface area contributed by atoms with Crippen LogP contribution in [-0.4, -0.2) is 40.0 Å². The molecule has 4 rings (SSSR count). The Morgan fingerprint density at radius 2 is 1.96 bits per heavy atom. The van der Waals surface area contributed by atoms with Crippen molar-refractivity contribution in [1.82, 2.24) is 9.88 Å². The van der Waals surface area contributed by atoms with E-state index in [2.05, 4.69) is 4.98 Å². The minimum absolute atomic E-state index is 0.0144. The van der Waals surface area contributed by atoms with Crippen LogP contribution < -0.4 is 0 Å². The van der Waals surface area contributed by atoms with Crippen LogP contribution in [0.5, 0.6) is 0 Å². The lowest BCUT2D eigenvalue weighted by Gasteiger charge is -2.15. The largest absolute Gasteiger partial charge is 0.481 e. The number of rotatable bonds is 6. The van der Waals surface area contributed by atoms with Gasteiger partial charge in [-0.3, -0.25) is 9.59 Å². The molecule has 2 aromatic rings. The Labute approximate surface area is 158 Å². The van der Waals surface area contributed by atoms with Gasteiger partial charge in [0, 0.05) is 31.5 Å². The summed E-state index contributed by atoms with van der Waals surface area (Å²) >= 11 is 0. The molecule has 1 N–H and O–H groups in total. The van der Waals surface area contributed by atoms with Crippen LogP contribution in [0.1, 0.15) is 30.7 Å². The molecular weight excluding hydrogens is 344 g/mol. The van der Waals surface area contributed by atoms with Gasteiger partial charge in [-0.05, 0) is 31.6 Å². The third-order valence-corrected chi connectivity index (χ3v) is 5.70. The van der Waals surface area contributed by atoms with E-state index in [4.69, 9.17) is 4.42 Å². The van der Waals surface area contributed by atoms with E-state index in [-0.39, 0.29) is 18.2 Å². The van der Waals surface area contributed by atoms with Crippen molar-refractivity contribution in [2.75, 3.05) is 13.1 Å². The van der Waals surface area contributed by atoms with Crippen molar-refractivity contribution in [3.05, 3.63) is 41.9 Å². The first-order valence-electron chi connectivity index (χ1n) is 9.53. The highest BCUT2D eigenvalue weighted by Crippen LogP contribution is 2.44. The molecule has 6 heteroatoms. The average Bonchev–Trinajstić information content (AvgIpc) is 3.22. The number of nitrogens with zero attached hydrogens (tertiary/aromatic N) is 2. The van der Waals surface area contributed by atoms with Gasteiger partial charge in [0.1, 0.15) is 0 Å². The molecule has 2 aliphatic rings. The van der Waals surface area contributed by atoms with Gasteiger partial charge in [0.15, 0.2) is 11.7 Å². The smallest absolute Gasteiger partial charge is 0.308 e. The average molecular weight is 368 g/mol. The Hall–Kier alpha value is -2.63. The molecule has 142 valence electrons. The van der Waals surface area contributed by atoms with E-state index in [0.29, 0.717) is 37.1 Å². The summed E-state index contributed by atoms with van der Waals surface area (Å²) < 4.78 is 5.78. The van der Waals surface area contributed by atoms with Gasteiger partial charge >= 0.3 is 5.97 Å². The second-order valence-electron chi connectivity index (χ2n) is 7.73. The first-order chi connectivity index (χ1) is 13.0. The normalized spacial score (nSPS) is 22.2. The fourth-order valence-electron chi connectivity index (χ4n) is 3.95. The lowest BCUT2D eigenvalue weighted by Crippen LogP contribution is -2.30. The number of carbonyl (C=O) groups excluding carboxylic acids is 1. The topological polar surface area (TPSA) is 83.6 Å². The van der Waals surface area contributed by atoms with Gasteiger partial charge in [0.2, 0.25) is 5.91 Å². The molecule has 27 heavy (non-hydrogen) atoms. The number of carbonyl (C=O) groups is 2. The number of likely N-dealkylation sites (tertiary alicyclic amines) is 1. The molecule has 1 saturated heterocycles. The maximum absolute atomic E-state index is 12.6. The van der Waals surface area contributed by atoms with E-state index >= 15 is 0 Å². The molecule has 0 bridgehead atoms. The van der Waals surface area contributed by atoms with Crippen molar-refractivity contribution in [3.8, 4) is 11.3 Å². The summed E-state index contributed by atoms with van der Waals surface area (Å²) in [6, 6.07) is 8.01. The molecule has 6 nitrogen and oxygen atoms in total. The minimum Gasteiger partial charge on any atom is -0.481 e. The molecular formula is C21H24N2O4. The lowest BCUT2D eigenvalue weighted by atomic mass is 9.92. The highest BCUT2D eigenvalue weighted by molar-refractivity contribution is 5.79. The van der Waals surface area contributed by atoms with Gasteiger partial charge in [-0.15, -0.1) is 0 Å². The molecule has 2 fully saturated rings. The third kappa shape index (κ3) is 3.89. The summed E-state index contributed by atoms with van der Waals surface area (Å²) in [4.78, 5) is 30.0. The van der Waals surface area contributed by atoms with Crippen molar-refractivity contribution in [2.45, 2.75) is 32.6 Å². The second-order valence-corrected chi connectivity index (χ2v) is 7.73. The Kier molecular flexibility index (Phi) is 4.72. The number of carboxylic acids is 1. The molecule has 0 spiro atoms. The van der Waals surface area contributed by atoms with E-state index in [1.807, 2.05) is 31.2 Å². The third-order valence-electron chi connectivity index (χ3n) is 5.70. The fraction of sp³-hybridized carbons (Fsp3) is 0.476. The van der Waals surface area contributed by atoms with Crippen molar-refractivity contribution in [2.24, 2.45) is 17.8 Å². The standard InChI is InChI=1S/C21H24N2O4/c1-13-2-4-15(5-3-13)18-10-22-19(27-18)8-9-20(24)23-11-16(14-6-7-14)17(12-23)21(25)26/h2-5,10,14,16-17H,6-9,11-12H2,1H3,(H,25,26)/t16-,17+/m1/s1. The molecule has 0 unspecified atom stereocenters. The van der Waals surface area contributed by atoms with Crippen LogP contribution in [0.4, 0.5) is 0 Å².